The Labute approximate surface area is 133 Å². The Morgan fingerprint density at radius 2 is 1.43 bits per heavy atom. The van der Waals surface area contributed by atoms with E-state index in [0.29, 0.717) is 0 Å². The summed E-state index contributed by atoms with van der Waals surface area (Å²) in [5, 5.41) is 9.79. The Morgan fingerprint density at radius 1 is 0.913 bits per heavy atom. The van der Waals surface area contributed by atoms with E-state index in [0.717, 1.165) is 12.1 Å². The molecule has 0 atom stereocenters. The lowest BCUT2D eigenvalue weighted by Crippen LogP contribution is -2.00. The third-order valence-electron chi connectivity index (χ3n) is 2.48. The molecule has 13 heteroatoms. The molecule has 0 bridgehead atoms. The Hall–Kier alpha value is -1.74. The Bertz CT molecular complexity index is 935. The van der Waals surface area contributed by atoms with Crippen LogP contribution in [-0.4, -0.2) is 44.4 Å². The Kier molecular flexibility index (Phi) is 5.70. The molecular weight excluding hydrogens is 376 g/mol. The van der Waals surface area contributed by atoms with Crippen LogP contribution in [0.4, 0.5) is 0 Å². The molecule has 128 valence electrons. The van der Waals surface area contributed by atoms with E-state index < -0.39 is 42.2 Å². The van der Waals surface area contributed by atoms with Crippen molar-refractivity contribution < 1.29 is 44.4 Å². The molecule has 0 aromatic heterocycles. The molecule has 10 nitrogen and oxygen atoms in total. The third-order valence-corrected chi connectivity index (χ3v) is 4.25. The van der Waals surface area contributed by atoms with Crippen molar-refractivity contribution in [2.75, 3.05) is 0 Å². The van der Waals surface area contributed by atoms with Gasteiger partial charge in [-0.25, -0.2) is 0 Å². The van der Waals surface area contributed by atoms with E-state index >= 15 is 0 Å². The highest BCUT2D eigenvalue weighted by atomic mass is 32.3. The van der Waals surface area contributed by atoms with Gasteiger partial charge in [-0.15, -0.1) is 12.6 Å². The van der Waals surface area contributed by atoms with Gasteiger partial charge in [-0.1, -0.05) is 12.1 Å². The molecule has 0 aliphatic heterocycles. The fraction of sp³-hybridized carbons (Fsp3) is 0. The molecule has 23 heavy (non-hydrogen) atoms. The highest BCUT2D eigenvalue weighted by Crippen LogP contribution is 2.49. The van der Waals surface area contributed by atoms with Gasteiger partial charge < -0.3 is 18.8 Å². The maximum absolute atomic E-state index is 11.0. The molecule has 5 N–H and O–H groups in total. The molecule has 2 aromatic rings. The van der Waals surface area contributed by atoms with Gasteiger partial charge in [0.1, 0.15) is 16.6 Å². The number of rotatable bonds is 2. The molecule has 2 rings (SSSR count). The molecule has 0 saturated carbocycles. The first kappa shape index (κ1) is 19.3. The van der Waals surface area contributed by atoms with Gasteiger partial charge in [-0.05, 0) is 17.5 Å². The predicted molar refractivity (Wildman–Crippen MR) is 78.9 cm³/mol. The van der Waals surface area contributed by atoms with E-state index in [9.17, 15) is 27.2 Å². The van der Waals surface area contributed by atoms with E-state index in [1.54, 1.807) is 0 Å². The van der Waals surface area contributed by atoms with Crippen molar-refractivity contribution in [1.82, 2.24) is 0 Å². The quantitative estimate of drug-likeness (QED) is 0.472. The van der Waals surface area contributed by atoms with Gasteiger partial charge in [0.25, 0.3) is 10.1 Å². The summed E-state index contributed by atoms with van der Waals surface area (Å²) in [6, 6.07) is 5.71. The Balaban J connectivity index is 0.000000593. The maximum Gasteiger partial charge on any atom is 0.425 e. The van der Waals surface area contributed by atoms with Gasteiger partial charge in [0.2, 0.25) is 0 Å². The lowest BCUT2D eigenvalue weighted by atomic mass is 10.1. The number of hydrogen-bond donors (Lipinski definition) is 5. The van der Waals surface area contributed by atoms with E-state index in [2.05, 4.69) is 0 Å². The van der Waals surface area contributed by atoms with Gasteiger partial charge in [0.05, 0.1) is 9.79 Å². The van der Waals surface area contributed by atoms with E-state index in [1.165, 1.54) is 18.2 Å². The van der Waals surface area contributed by atoms with Crippen LogP contribution in [0.2, 0.25) is 0 Å². The molecule has 0 spiro atoms. The van der Waals surface area contributed by atoms with Crippen LogP contribution in [0, 0.1) is 0 Å². The normalized spacial score (nSPS) is 12.3. The maximum atomic E-state index is 11.0. The van der Waals surface area contributed by atoms with Gasteiger partial charge in [0, 0.05) is 11.5 Å². The van der Waals surface area contributed by atoms with Crippen LogP contribution in [0.3, 0.4) is 0 Å². The van der Waals surface area contributed by atoms with Gasteiger partial charge in [-0.3, -0.25) is 4.55 Å². The van der Waals surface area contributed by atoms with Crippen molar-refractivity contribution >= 4 is 42.4 Å². The van der Waals surface area contributed by atoms with Crippen molar-refractivity contribution in [2.24, 2.45) is 0 Å². The minimum absolute atomic E-state index is 0.0996. The average Bonchev–Trinajstić information content (AvgIpc) is 2.35. The van der Waals surface area contributed by atoms with Crippen LogP contribution in [-0.2, 0) is 20.7 Å². The fourth-order valence-corrected chi connectivity index (χ4v) is 3.02. The highest BCUT2D eigenvalue weighted by Gasteiger charge is 2.22. The second-order valence-corrected chi connectivity index (χ2v) is 7.30. The first-order valence-corrected chi connectivity index (χ1v) is 9.29. The minimum atomic E-state index is -4.51. The molecule has 0 radical (unpaired) electrons. The first-order chi connectivity index (χ1) is 10.3. The predicted octanol–water partition coefficient (Wildman–Crippen LogP) is 1.37. The lowest BCUT2D eigenvalue weighted by molar-refractivity contribution is 0.376. The van der Waals surface area contributed by atoms with Crippen LogP contribution >= 0.6 is 10.9 Å². The number of benzene rings is 2. The number of phenolic OH excluding ortho intramolecular Hbond substituents is 1. The van der Waals surface area contributed by atoms with Gasteiger partial charge in [0.15, 0.2) is 0 Å². The van der Waals surface area contributed by atoms with Crippen LogP contribution in [0.25, 0.3) is 10.8 Å². The lowest BCUT2D eigenvalue weighted by Gasteiger charge is -2.21. The fourth-order valence-electron chi connectivity index (χ4n) is 1.72. The number of phenols is 1. The van der Waals surface area contributed by atoms with Gasteiger partial charge in [-0.2, -0.15) is 8.42 Å². The van der Waals surface area contributed by atoms with Crippen molar-refractivity contribution in [3.63, 3.8) is 0 Å². The Morgan fingerprint density at radius 3 is 1.87 bits per heavy atom. The molecule has 0 heterocycles. The second-order valence-electron chi connectivity index (χ2n) is 3.99. The molecule has 0 aliphatic rings. The number of aromatic hydroxyl groups is 1. The summed E-state index contributed by atoms with van der Waals surface area (Å²) >= 11 is 0. The van der Waals surface area contributed by atoms with Crippen molar-refractivity contribution in [3.05, 3.63) is 30.3 Å². The first-order valence-electron chi connectivity index (χ1n) is 5.34. The summed E-state index contributed by atoms with van der Waals surface area (Å²) in [6.07, 6.45) is 0. The molecule has 0 amide bonds. The summed E-state index contributed by atoms with van der Waals surface area (Å²) in [6.45, 7) is 0. The minimum Gasteiger partial charge on any atom is -0.507 e. The van der Waals surface area contributed by atoms with Crippen LogP contribution in [0.1, 0.15) is 0 Å². The van der Waals surface area contributed by atoms with Crippen LogP contribution in [0.5, 0.6) is 5.75 Å². The summed E-state index contributed by atoms with van der Waals surface area (Å²) in [5.74, 6) is -0.602. The van der Waals surface area contributed by atoms with E-state index in [1.807, 2.05) is 0 Å². The standard InChI is InChI=1S/C10H10O7S2.O3S/c11-8-5-7(18(12,13)14)4-6-2-1-3-9(10(6)8)19(15,16)17;1-4(2)3/h1-5,11,15-17H,(H,12,13,14);. The molecule has 0 saturated heterocycles. The highest BCUT2D eigenvalue weighted by molar-refractivity contribution is 8.19. The summed E-state index contributed by atoms with van der Waals surface area (Å²) in [7, 11) is -11.7. The van der Waals surface area contributed by atoms with Gasteiger partial charge >= 0.3 is 10.6 Å². The van der Waals surface area contributed by atoms with Crippen LogP contribution < -0.4 is 0 Å². The zero-order valence-corrected chi connectivity index (χ0v) is 13.3. The SMILES string of the molecule is O=S(=O)(O)c1cc(O)c2c(S(O)(O)O)cccc2c1.O=S(=O)=O. The monoisotopic (exact) mass is 386 g/mol. The average molecular weight is 386 g/mol. The topological polar surface area (TPSA) is 186 Å². The summed E-state index contributed by atoms with van der Waals surface area (Å²) in [4.78, 5) is -0.867. The largest absolute Gasteiger partial charge is 0.507 e. The molecule has 2 aromatic carbocycles. The molecule has 0 aliphatic carbocycles. The van der Waals surface area contributed by atoms with E-state index in [-0.39, 0.29) is 15.7 Å². The zero-order valence-electron chi connectivity index (χ0n) is 10.9. The third kappa shape index (κ3) is 5.14. The smallest absolute Gasteiger partial charge is 0.425 e. The zero-order chi connectivity index (χ0) is 18.0. The van der Waals surface area contributed by atoms with Crippen molar-refractivity contribution in [3.8, 4) is 5.75 Å². The molecule has 0 unspecified atom stereocenters. The number of fused-ring (bicyclic) bond motifs is 1. The molecular formula is C10H10O10S3. The van der Waals surface area contributed by atoms with E-state index in [4.69, 9.17) is 17.2 Å². The van der Waals surface area contributed by atoms with Crippen molar-refractivity contribution in [1.29, 1.82) is 0 Å². The summed E-state index contributed by atoms with van der Waals surface area (Å²) in [5.41, 5.74) is 0. The van der Waals surface area contributed by atoms with Crippen molar-refractivity contribution in [2.45, 2.75) is 9.79 Å². The second kappa shape index (κ2) is 6.79. The molecule has 0 fully saturated rings. The summed E-state index contributed by atoms with van der Waals surface area (Å²) < 4.78 is 84.0. The van der Waals surface area contributed by atoms with Crippen LogP contribution in [0.15, 0.2) is 40.1 Å². The number of hydrogen-bond acceptors (Lipinski definition) is 9.